The second-order valence-electron chi connectivity index (χ2n) is 8.82. The van der Waals surface area contributed by atoms with Crippen LogP contribution in [0.15, 0.2) is 0 Å². The maximum Gasteiger partial charge on any atom is 0.308 e. The van der Waals surface area contributed by atoms with Crippen LogP contribution in [0.25, 0.3) is 0 Å². The Balaban J connectivity index is 1.94. The average Bonchev–Trinajstić information content (AvgIpc) is 3.06. The second-order valence-corrected chi connectivity index (χ2v) is 8.82. The first kappa shape index (κ1) is 27.3. The summed E-state index contributed by atoms with van der Waals surface area (Å²) in [5, 5.41) is 28.7. The van der Waals surface area contributed by atoms with E-state index in [0.717, 1.165) is 19.3 Å². The topological polar surface area (TPSA) is 96.2 Å². The van der Waals surface area contributed by atoms with Gasteiger partial charge < -0.3 is 24.8 Å². The Hall–Kier alpha value is -0.690. The maximum absolute atomic E-state index is 12.1. The van der Waals surface area contributed by atoms with Crippen molar-refractivity contribution in [3.63, 3.8) is 0 Å². The number of carbonyl (C=O) groups excluding carboxylic acids is 1. The summed E-state index contributed by atoms with van der Waals surface area (Å²) >= 11 is 0. The van der Waals surface area contributed by atoms with Crippen molar-refractivity contribution in [3.05, 3.63) is 0 Å². The van der Waals surface area contributed by atoms with Gasteiger partial charge in [0.2, 0.25) is 0 Å². The van der Waals surface area contributed by atoms with E-state index in [1.54, 1.807) is 0 Å². The Morgan fingerprint density at radius 1 is 0.867 bits per heavy atom. The molecule has 3 N–H and O–H groups in total. The number of carbonyl (C=O) groups is 1. The van der Waals surface area contributed by atoms with Gasteiger partial charge in [-0.3, -0.25) is 4.79 Å². The van der Waals surface area contributed by atoms with Crippen molar-refractivity contribution in [1.82, 2.24) is 0 Å². The van der Waals surface area contributed by atoms with E-state index >= 15 is 0 Å². The molecule has 1 saturated heterocycles. The zero-order valence-corrected chi connectivity index (χ0v) is 19.2. The van der Waals surface area contributed by atoms with E-state index < -0.39 is 30.6 Å². The molecule has 0 spiro atoms. The summed E-state index contributed by atoms with van der Waals surface area (Å²) in [7, 11) is 0. The SMILES string of the molecule is CCCCCCCCCCCCCCCCCC(=O)O[C@]1(CO)O[C@H](CO)C[C@@H]1O. The number of esters is 1. The van der Waals surface area contributed by atoms with E-state index in [9.17, 15) is 15.0 Å². The van der Waals surface area contributed by atoms with Crippen molar-refractivity contribution in [1.29, 1.82) is 0 Å². The number of unbranched alkanes of at least 4 members (excludes halogenated alkanes) is 14. The van der Waals surface area contributed by atoms with Crippen LogP contribution in [-0.2, 0) is 14.3 Å². The van der Waals surface area contributed by atoms with Crippen molar-refractivity contribution >= 4 is 5.97 Å². The van der Waals surface area contributed by atoms with Gasteiger partial charge in [-0.1, -0.05) is 96.8 Å². The minimum absolute atomic E-state index is 0.142. The molecule has 0 unspecified atom stereocenters. The van der Waals surface area contributed by atoms with Crippen LogP contribution in [0.1, 0.15) is 116 Å². The maximum atomic E-state index is 12.1. The predicted molar refractivity (Wildman–Crippen MR) is 118 cm³/mol. The highest BCUT2D eigenvalue weighted by Crippen LogP contribution is 2.32. The summed E-state index contributed by atoms with van der Waals surface area (Å²) in [6.45, 7) is 1.36. The molecular formula is C24H46O6. The highest BCUT2D eigenvalue weighted by Gasteiger charge is 2.51. The van der Waals surface area contributed by atoms with Gasteiger partial charge in [0.25, 0.3) is 5.79 Å². The minimum atomic E-state index is -1.72. The van der Waals surface area contributed by atoms with Gasteiger partial charge in [0, 0.05) is 12.8 Å². The lowest BCUT2D eigenvalue weighted by molar-refractivity contribution is -0.264. The van der Waals surface area contributed by atoms with Crippen LogP contribution >= 0.6 is 0 Å². The molecule has 0 radical (unpaired) electrons. The van der Waals surface area contributed by atoms with E-state index in [0.29, 0.717) is 0 Å². The van der Waals surface area contributed by atoms with Crippen LogP contribution in [0.5, 0.6) is 0 Å². The summed E-state index contributed by atoms with van der Waals surface area (Å²) in [4.78, 5) is 12.1. The zero-order chi connectivity index (χ0) is 22.1. The van der Waals surface area contributed by atoms with Gasteiger partial charge in [0.05, 0.1) is 12.7 Å². The lowest BCUT2D eigenvalue weighted by Crippen LogP contribution is -2.47. The fourth-order valence-electron chi connectivity index (χ4n) is 4.10. The number of aliphatic hydroxyl groups excluding tert-OH is 3. The summed E-state index contributed by atoms with van der Waals surface area (Å²) in [6.07, 6.45) is 17.6. The van der Waals surface area contributed by atoms with Crippen molar-refractivity contribution in [3.8, 4) is 0 Å². The highest BCUT2D eigenvalue weighted by atomic mass is 16.7. The Kier molecular flexibility index (Phi) is 15.4. The third-order valence-electron chi connectivity index (χ3n) is 6.06. The van der Waals surface area contributed by atoms with Crippen LogP contribution < -0.4 is 0 Å². The molecule has 6 nitrogen and oxygen atoms in total. The van der Waals surface area contributed by atoms with Crippen molar-refractivity contribution < 1.29 is 29.6 Å². The lowest BCUT2D eigenvalue weighted by atomic mass is 10.0. The fourth-order valence-corrected chi connectivity index (χ4v) is 4.10. The Morgan fingerprint density at radius 2 is 1.33 bits per heavy atom. The van der Waals surface area contributed by atoms with E-state index in [-0.39, 0.29) is 19.4 Å². The Morgan fingerprint density at radius 3 is 1.73 bits per heavy atom. The number of aliphatic hydroxyl groups is 3. The quantitative estimate of drug-likeness (QED) is 0.204. The molecule has 0 aromatic rings. The van der Waals surface area contributed by atoms with E-state index in [1.165, 1.54) is 77.0 Å². The highest BCUT2D eigenvalue weighted by molar-refractivity contribution is 5.69. The summed E-state index contributed by atoms with van der Waals surface area (Å²) < 4.78 is 10.6. The standard InChI is InChI=1S/C24H46O6/c1-2-3-4-5-6-7-8-9-10-11-12-13-14-15-16-17-23(28)30-24(20-26)22(27)18-21(19-25)29-24/h21-22,25-27H,2-20H2,1H3/t21-,22-,24-/m0/s1. The number of hydrogen-bond donors (Lipinski definition) is 3. The van der Waals surface area contributed by atoms with Crippen molar-refractivity contribution in [2.45, 2.75) is 134 Å². The van der Waals surface area contributed by atoms with Gasteiger partial charge in [-0.2, -0.15) is 0 Å². The van der Waals surface area contributed by atoms with Gasteiger partial charge >= 0.3 is 5.97 Å². The lowest BCUT2D eigenvalue weighted by Gasteiger charge is -2.29. The summed E-state index contributed by atoms with van der Waals surface area (Å²) in [6, 6.07) is 0. The fraction of sp³-hybridized carbons (Fsp3) is 0.958. The third-order valence-corrected chi connectivity index (χ3v) is 6.06. The molecule has 1 fully saturated rings. The van der Waals surface area contributed by atoms with Crippen LogP contribution in [0.4, 0.5) is 0 Å². The first-order valence-electron chi connectivity index (χ1n) is 12.4. The van der Waals surface area contributed by atoms with E-state index in [1.807, 2.05) is 0 Å². The molecule has 0 amide bonds. The second kappa shape index (κ2) is 16.9. The van der Waals surface area contributed by atoms with Gasteiger partial charge in [-0.05, 0) is 6.42 Å². The van der Waals surface area contributed by atoms with Gasteiger partial charge in [0.15, 0.2) is 0 Å². The normalized spacial score (nSPS) is 23.7. The van der Waals surface area contributed by atoms with Crippen molar-refractivity contribution in [2.75, 3.05) is 13.2 Å². The molecule has 178 valence electrons. The molecule has 0 aliphatic carbocycles. The average molecular weight is 431 g/mol. The number of hydrogen-bond acceptors (Lipinski definition) is 6. The molecule has 1 aliphatic rings. The van der Waals surface area contributed by atoms with Crippen LogP contribution in [-0.4, -0.2) is 52.5 Å². The van der Waals surface area contributed by atoms with Gasteiger partial charge in [-0.15, -0.1) is 0 Å². The molecule has 1 rings (SSSR count). The van der Waals surface area contributed by atoms with Gasteiger partial charge in [0.1, 0.15) is 12.7 Å². The van der Waals surface area contributed by atoms with Gasteiger partial charge in [-0.25, -0.2) is 0 Å². The molecular weight excluding hydrogens is 384 g/mol. The Bertz CT molecular complexity index is 430. The number of ether oxygens (including phenoxy) is 2. The molecule has 0 bridgehead atoms. The molecule has 1 heterocycles. The van der Waals surface area contributed by atoms with Crippen molar-refractivity contribution in [2.24, 2.45) is 0 Å². The third kappa shape index (κ3) is 11.1. The molecule has 6 heteroatoms. The zero-order valence-electron chi connectivity index (χ0n) is 19.2. The first-order valence-corrected chi connectivity index (χ1v) is 12.4. The summed E-state index contributed by atoms with van der Waals surface area (Å²) in [5.74, 6) is -2.20. The molecule has 30 heavy (non-hydrogen) atoms. The van der Waals surface area contributed by atoms with Crippen LogP contribution in [0, 0.1) is 0 Å². The van der Waals surface area contributed by atoms with Crippen LogP contribution in [0.2, 0.25) is 0 Å². The van der Waals surface area contributed by atoms with E-state index in [2.05, 4.69) is 6.92 Å². The van der Waals surface area contributed by atoms with E-state index in [4.69, 9.17) is 14.6 Å². The largest absolute Gasteiger partial charge is 0.428 e. The molecule has 0 aromatic carbocycles. The summed E-state index contributed by atoms with van der Waals surface area (Å²) in [5.41, 5.74) is 0. The Labute approximate surface area is 183 Å². The monoisotopic (exact) mass is 430 g/mol. The number of rotatable bonds is 19. The molecule has 1 aliphatic heterocycles. The first-order chi connectivity index (χ1) is 14.6. The van der Waals surface area contributed by atoms with Crippen LogP contribution in [0.3, 0.4) is 0 Å². The molecule has 3 atom stereocenters. The molecule has 0 saturated carbocycles. The predicted octanol–water partition coefficient (Wildman–Crippen LogP) is 4.62. The molecule has 0 aromatic heterocycles. The minimum Gasteiger partial charge on any atom is -0.428 e. The smallest absolute Gasteiger partial charge is 0.308 e.